The van der Waals surface area contributed by atoms with E-state index in [1.165, 1.54) is 12.1 Å². The second-order valence-electron chi connectivity index (χ2n) is 3.86. The van der Waals surface area contributed by atoms with Crippen LogP contribution in [0.25, 0.3) is 11.1 Å². The molecule has 0 aliphatic rings. The van der Waals surface area contributed by atoms with E-state index in [1.807, 2.05) is 6.92 Å². The molecule has 0 aliphatic heterocycles. The number of benzene rings is 2. The number of hydrogen-bond acceptors (Lipinski definition) is 3. The molecule has 0 heterocycles. The second kappa shape index (κ2) is 4.37. The molecule has 2 aromatic rings. The molecule has 0 aromatic heterocycles. The summed E-state index contributed by atoms with van der Waals surface area (Å²) in [5, 5.41) is 29.1. The van der Waals surface area contributed by atoms with Crippen LogP contribution in [0.2, 0.25) is 0 Å². The van der Waals surface area contributed by atoms with Crippen LogP contribution in [0.3, 0.4) is 0 Å². The van der Waals surface area contributed by atoms with Gasteiger partial charge in [0.05, 0.1) is 0 Å². The third-order valence-corrected chi connectivity index (χ3v) is 2.75. The van der Waals surface area contributed by atoms with E-state index in [-0.39, 0.29) is 17.2 Å². The molecule has 0 fully saturated rings. The lowest BCUT2D eigenvalue weighted by atomic mass is 9.96. The van der Waals surface area contributed by atoms with Crippen molar-refractivity contribution in [2.75, 3.05) is 0 Å². The number of phenols is 3. The van der Waals surface area contributed by atoms with Gasteiger partial charge in [-0.15, -0.1) is 0 Å². The van der Waals surface area contributed by atoms with Crippen LogP contribution in [0.15, 0.2) is 36.4 Å². The Morgan fingerprint density at radius 3 is 2.29 bits per heavy atom. The molecule has 0 bridgehead atoms. The fraction of sp³-hybridized carbons (Fsp3) is 0.143. The van der Waals surface area contributed by atoms with E-state index in [9.17, 15) is 15.3 Å². The van der Waals surface area contributed by atoms with Crippen LogP contribution < -0.4 is 0 Å². The van der Waals surface area contributed by atoms with Crippen LogP contribution in [0.4, 0.5) is 0 Å². The first-order valence-electron chi connectivity index (χ1n) is 5.46. The fourth-order valence-corrected chi connectivity index (χ4v) is 1.97. The van der Waals surface area contributed by atoms with Gasteiger partial charge in [0.15, 0.2) is 0 Å². The van der Waals surface area contributed by atoms with Crippen molar-refractivity contribution in [1.82, 2.24) is 0 Å². The van der Waals surface area contributed by atoms with E-state index < -0.39 is 0 Å². The molecular formula is C14H14O3. The maximum atomic E-state index is 9.90. The van der Waals surface area contributed by atoms with E-state index in [1.54, 1.807) is 24.3 Å². The third kappa shape index (κ3) is 2.04. The summed E-state index contributed by atoms with van der Waals surface area (Å²) in [6, 6.07) is 9.54. The van der Waals surface area contributed by atoms with Gasteiger partial charge in [-0.1, -0.05) is 19.1 Å². The van der Waals surface area contributed by atoms with Crippen LogP contribution in [-0.4, -0.2) is 15.3 Å². The van der Waals surface area contributed by atoms with Crippen LogP contribution in [-0.2, 0) is 6.42 Å². The molecule has 17 heavy (non-hydrogen) atoms. The first-order chi connectivity index (χ1) is 8.13. The summed E-state index contributed by atoms with van der Waals surface area (Å²) >= 11 is 0. The quantitative estimate of drug-likeness (QED) is 0.695. The van der Waals surface area contributed by atoms with Gasteiger partial charge in [-0.05, 0) is 36.2 Å². The van der Waals surface area contributed by atoms with E-state index in [0.29, 0.717) is 23.1 Å². The Balaban J connectivity index is 2.70. The van der Waals surface area contributed by atoms with Crippen molar-refractivity contribution in [2.24, 2.45) is 0 Å². The molecule has 3 heteroatoms. The van der Waals surface area contributed by atoms with Crippen molar-refractivity contribution < 1.29 is 15.3 Å². The number of hydrogen-bond donors (Lipinski definition) is 3. The molecule has 3 nitrogen and oxygen atoms in total. The van der Waals surface area contributed by atoms with Gasteiger partial charge in [0.25, 0.3) is 0 Å². The Kier molecular flexibility index (Phi) is 2.91. The molecule has 0 unspecified atom stereocenters. The predicted octanol–water partition coefficient (Wildman–Crippen LogP) is 3.03. The first-order valence-corrected chi connectivity index (χ1v) is 5.46. The lowest BCUT2D eigenvalue weighted by Gasteiger charge is -2.12. The molecule has 0 aliphatic carbocycles. The third-order valence-electron chi connectivity index (χ3n) is 2.75. The monoisotopic (exact) mass is 230 g/mol. The van der Waals surface area contributed by atoms with Crippen LogP contribution in [0.1, 0.15) is 12.5 Å². The smallest absolute Gasteiger partial charge is 0.123 e. The Bertz CT molecular complexity index is 547. The fourth-order valence-electron chi connectivity index (χ4n) is 1.97. The number of rotatable bonds is 2. The van der Waals surface area contributed by atoms with Crippen molar-refractivity contribution in [1.29, 1.82) is 0 Å². The summed E-state index contributed by atoms with van der Waals surface area (Å²) in [6.07, 6.45) is 0.602. The Morgan fingerprint density at radius 2 is 1.65 bits per heavy atom. The number of phenolic OH excluding ortho intramolecular Hbond substituents is 3. The molecule has 0 atom stereocenters. The van der Waals surface area contributed by atoms with E-state index in [4.69, 9.17) is 0 Å². The summed E-state index contributed by atoms with van der Waals surface area (Å²) in [5.41, 5.74) is 1.94. The van der Waals surface area contributed by atoms with Crippen molar-refractivity contribution in [3.05, 3.63) is 42.0 Å². The van der Waals surface area contributed by atoms with Crippen LogP contribution in [0, 0.1) is 0 Å². The van der Waals surface area contributed by atoms with Gasteiger partial charge >= 0.3 is 0 Å². The maximum absolute atomic E-state index is 9.90. The molecule has 2 rings (SSSR count). The highest BCUT2D eigenvalue weighted by Crippen LogP contribution is 2.38. The van der Waals surface area contributed by atoms with Gasteiger partial charge in [0.1, 0.15) is 17.2 Å². The second-order valence-corrected chi connectivity index (χ2v) is 3.86. The minimum absolute atomic E-state index is 0.102. The Labute approximate surface area is 99.6 Å². The molecule has 0 saturated heterocycles. The average molecular weight is 230 g/mol. The van der Waals surface area contributed by atoms with Gasteiger partial charge in [-0.3, -0.25) is 0 Å². The van der Waals surface area contributed by atoms with Crippen LogP contribution >= 0.6 is 0 Å². The van der Waals surface area contributed by atoms with Crippen molar-refractivity contribution in [3.8, 4) is 28.4 Å². The SMILES string of the molecule is CCc1c(O)ccc(O)c1-c1cccc(O)c1. The van der Waals surface area contributed by atoms with Gasteiger partial charge < -0.3 is 15.3 Å². The van der Waals surface area contributed by atoms with E-state index >= 15 is 0 Å². The zero-order valence-electron chi connectivity index (χ0n) is 9.51. The molecule has 0 spiro atoms. The topological polar surface area (TPSA) is 60.7 Å². The molecule has 0 amide bonds. The summed E-state index contributed by atoms with van der Waals surface area (Å²) in [5.74, 6) is 0.390. The molecule has 0 radical (unpaired) electrons. The average Bonchev–Trinajstić information content (AvgIpc) is 2.31. The largest absolute Gasteiger partial charge is 0.508 e. The normalized spacial score (nSPS) is 10.4. The lowest BCUT2D eigenvalue weighted by Crippen LogP contribution is -1.89. The summed E-state index contributed by atoms with van der Waals surface area (Å²) in [7, 11) is 0. The maximum Gasteiger partial charge on any atom is 0.123 e. The van der Waals surface area contributed by atoms with Crippen molar-refractivity contribution in [2.45, 2.75) is 13.3 Å². The predicted molar refractivity (Wildman–Crippen MR) is 66.3 cm³/mol. The standard InChI is InChI=1S/C14H14O3/c1-2-11-12(16)6-7-13(17)14(11)9-4-3-5-10(15)8-9/h3-8,15-17H,2H2,1H3. The zero-order valence-corrected chi connectivity index (χ0v) is 9.51. The van der Waals surface area contributed by atoms with E-state index in [2.05, 4.69) is 0 Å². The Morgan fingerprint density at radius 1 is 0.941 bits per heavy atom. The number of aromatic hydroxyl groups is 3. The van der Waals surface area contributed by atoms with Gasteiger partial charge in [-0.25, -0.2) is 0 Å². The van der Waals surface area contributed by atoms with Crippen molar-refractivity contribution in [3.63, 3.8) is 0 Å². The molecule has 3 N–H and O–H groups in total. The Hall–Kier alpha value is -2.16. The van der Waals surface area contributed by atoms with Crippen molar-refractivity contribution >= 4 is 0 Å². The highest BCUT2D eigenvalue weighted by atomic mass is 16.3. The summed E-state index contributed by atoms with van der Waals surface area (Å²) in [6.45, 7) is 1.90. The van der Waals surface area contributed by atoms with Crippen LogP contribution in [0.5, 0.6) is 17.2 Å². The minimum atomic E-state index is 0.102. The zero-order chi connectivity index (χ0) is 12.4. The molecule has 0 saturated carbocycles. The van der Waals surface area contributed by atoms with Gasteiger partial charge in [0, 0.05) is 11.1 Å². The summed E-state index contributed by atoms with van der Waals surface area (Å²) < 4.78 is 0. The highest BCUT2D eigenvalue weighted by Gasteiger charge is 2.13. The lowest BCUT2D eigenvalue weighted by molar-refractivity contribution is 0.456. The highest BCUT2D eigenvalue weighted by molar-refractivity contribution is 5.76. The first kappa shape index (κ1) is 11.3. The minimum Gasteiger partial charge on any atom is -0.508 e. The van der Waals surface area contributed by atoms with Gasteiger partial charge in [-0.2, -0.15) is 0 Å². The molecular weight excluding hydrogens is 216 g/mol. The van der Waals surface area contributed by atoms with E-state index in [0.717, 1.165) is 0 Å². The molecule has 88 valence electrons. The van der Waals surface area contributed by atoms with Gasteiger partial charge in [0.2, 0.25) is 0 Å². The summed E-state index contributed by atoms with van der Waals surface area (Å²) in [4.78, 5) is 0. The molecule has 2 aromatic carbocycles.